The van der Waals surface area contributed by atoms with Crippen LogP contribution >= 0.6 is 0 Å². The van der Waals surface area contributed by atoms with Crippen LogP contribution in [0.1, 0.15) is 26.3 Å². The number of likely N-dealkylation sites (N-methyl/N-ethyl adjacent to an activating group) is 1. The molecule has 0 spiro atoms. The smallest absolute Gasteiger partial charge is 0.244 e. The standard InChI is InChI=1S/C24H33N3O6S/c1-6-25-24(29)18(3)26(16-19-12-14-20(32-4)15-13-19)23(28)17-27(34(5,30)31)21-10-8-9-11-22(21)33-7-2/h8-15,18H,6-7,16-17H2,1-5H3,(H,25,29)/t18-/m0/s1. The van der Waals surface area contributed by atoms with Gasteiger partial charge in [-0.05, 0) is 50.6 Å². The van der Waals surface area contributed by atoms with Crippen LogP contribution in [0.2, 0.25) is 0 Å². The third-order valence-corrected chi connectivity index (χ3v) is 6.27. The van der Waals surface area contributed by atoms with E-state index in [1.807, 2.05) is 0 Å². The highest BCUT2D eigenvalue weighted by Gasteiger charge is 2.31. The van der Waals surface area contributed by atoms with Gasteiger partial charge in [0.25, 0.3) is 0 Å². The first kappa shape index (κ1) is 27.0. The van der Waals surface area contributed by atoms with Crippen molar-refractivity contribution in [3.63, 3.8) is 0 Å². The second-order valence-electron chi connectivity index (χ2n) is 7.61. The monoisotopic (exact) mass is 491 g/mol. The summed E-state index contributed by atoms with van der Waals surface area (Å²) in [7, 11) is -2.28. The molecule has 0 aliphatic heterocycles. The molecule has 0 fully saturated rings. The minimum atomic E-state index is -3.84. The largest absolute Gasteiger partial charge is 0.497 e. The van der Waals surface area contributed by atoms with Crippen molar-refractivity contribution >= 4 is 27.5 Å². The number of nitrogens with zero attached hydrogens (tertiary/aromatic N) is 2. The Balaban J connectivity index is 2.41. The van der Waals surface area contributed by atoms with Gasteiger partial charge in [0.15, 0.2) is 0 Å². The van der Waals surface area contributed by atoms with Crippen molar-refractivity contribution in [1.82, 2.24) is 10.2 Å². The zero-order chi connectivity index (χ0) is 25.3. The molecular formula is C24H33N3O6S. The topological polar surface area (TPSA) is 105 Å². The summed E-state index contributed by atoms with van der Waals surface area (Å²) in [5.41, 5.74) is 1.03. The van der Waals surface area contributed by atoms with Crippen molar-refractivity contribution in [1.29, 1.82) is 0 Å². The SMILES string of the molecule is CCNC(=O)[C@H](C)N(Cc1ccc(OC)cc1)C(=O)CN(c1ccccc1OCC)S(C)(=O)=O. The molecule has 2 aromatic rings. The Kier molecular flexibility index (Phi) is 9.73. The lowest BCUT2D eigenvalue weighted by Crippen LogP contribution is -2.51. The number of nitrogens with one attached hydrogen (secondary N) is 1. The first-order valence-corrected chi connectivity index (χ1v) is 12.9. The van der Waals surface area contributed by atoms with Gasteiger partial charge in [0, 0.05) is 13.1 Å². The highest BCUT2D eigenvalue weighted by atomic mass is 32.2. The van der Waals surface area contributed by atoms with Crippen LogP contribution in [-0.4, -0.2) is 64.2 Å². The van der Waals surface area contributed by atoms with Crippen molar-refractivity contribution in [3.05, 3.63) is 54.1 Å². The third kappa shape index (κ3) is 7.11. The van der Waals surface area contributed by atoms with Crippen LogP contribution in [0.4, 0.5) is 5.69 Å². The first-order valence-electron chi connectivity index (χ1n) is 11.0. The van der Waals surface area contributed by atoms with E-state index in [0.717, 1.165) is 16.1 Å². The molecule has 0 saturated carbocycles. The molecule has 34 heavy (non-hydrogen) atoms. The van der Waals surface area contributed by atoms with Crippen LogP contribution in [-0.2, 0) is 26.2 Å². The summed E-state index contributed by atoms with van der Waals surface area (Å²) >= 11 is 0. The number of methoxy groups -OCH3 is 1. The lowest BCUT2D eigenvalue weighted by atomic mass is 10.1. The molecule has 0 unspecified atom stereocenters. The maximum absolute atomic E-state index is 13.5. The molecule has 1 N–H and O–H groups in total. The van der Waals surface area contributed by atoms with E-state index >= 15 is 0 Å². The fraction of sp³-hybridized carbons (Fsp3) is 0.417. The minimum Gasteiger partial charge on any atom is -0.497 e. The van der Waals surface area contributed by atoms with Gasteiger partial charge >= 0.3 is 0 Å². The number of para-hydroxylation sites is 2. The first-order chi connectivity index (χ1) is 16.1. The Hall–Kier alpha value is -3.27. The maximum Gasteiger partial charge on any atom is 0.244 e. The molecule has 2 rings (SSSR count). The Morgan fingerprint density at radius 2 is 1.71 bits per heavy atom. The number of hydrogen-bond acceptors (Lipinski definition) is 6. The molecule has 1 atom stereocenters. The Bertz CT molecular complexity index is 1070. The number of rotatable bonds is 12. The van der Waals surface area contributed by atoms with E-state index in [1.165, 1.54) is 4.90 Å². The second-order valence-corrected chi connectivity index (χ2v) is 9.52. The quantitative estimate of drug-likeness (QED) is 0.489. The molecule has 0 heterocycles. The summed E-state index contributed by atoms with van der Waals surface area (Å²) in [6.07, 6.45) is 1.03. The zero-order valence-electron chi connectivity index (χ0n) is 20.3. The van der Waals surface area contributed by atoms with Gasteiger partial charge < -0.3 is 19.7 Å². The maximum atomic E-state index is 13.5. The van der Waals surface area contributed by atoms with Gasteiger partial charge in [-0.2, -0.15) is 0 Å². The Morgan fingerprint density at radius 3 is 2.26 bits per heavy atom. The Labute approximate surface area is 201 Å². The molecule has 0 aromatic heterocycles. The number of hydrogen-bond donors (Lipinski definition) is 1. The molecule has 0 saturated heterocycles. The van der Waals surface area contributed by atoms with Crippen molar-refractivity contribution in [3.8, 4) is 11.5 Å². The highest BCUT2D eigenvalue weighted by Crippen LogP contribution is 2.30. The van der Waals surface area contributed by atoms with Crippen LogP contribution in [0, 0.1) is 0 Å². The molecule has 0 radical (unpaired) electrons. The van der Waals surface area contributed by atoms with E-state index in [-0.39, 0.29) is 18.1 Å². The molecule has 0 bridgehead atoms. The number of anilines is 1. The van der Waals surface area contributed by atoms with Gasteiger partial charge in [-0.25, -0.2) is 8.42 Å². The molecular weight excluding hydrogens is 458 g/mol. The number of ether oxygens (including phenoxy) is 2. The van der Waals surface area contributed by atoms with Crippen molar-refractivity contribution in [2.24, 2.45) is 0 Å². The normalized spacial score (nSPS) is 11.9. The molecule has 2 aromatic carbocycles. The summed E-state index contributed by atoms with van der Waals surface area (Å²) in [6.45, 7) is 5.57. The number of carbonyl (C=O) groups is 2. The zero-order valence-corrected chi connectivity index (χ0v) is 21.1. The molecule has 186 valence electrons. The van der Waals surface area contributed by atoms with Gasteiger partial charge in [0.05, 0.1) is 25.7 Å². The van der Waals surface area contributed by atoms with Gasteiger partial charge in [-0.15, -0.1) is 0 Å². The lowest BCUT2D eigenvalue weighted by molar-refractivity contribution is -0.139. The van der Waals surface area contributed by atoms with Crippen molar-refractivity contribution < 1.29 is 27.5 Å². The number of amides is 2. The average Bonchev–Trinajstić information content (AvgIpc) is 2.81. The predicted molar refractivity (Wildman–Crippen MR) is 131 cm³/mol. The van der Waals surface area contributed by atoms with E-state index in [2.05, 4.69) is 5.32 Å². The minimum absolute atomic E-state index is 0.117. The predicted octanol–water partition coefficient (Wildman–Crippen LogP) is 2.41. The number of carbonyl (C=O) groups excluding carboxylic acids is 2. The fourth-order valence-electron chi connectivity index (χ4n) is 3.37. The lowest BCUT2D eigenvalue weighted by Gasteiger charge is -2.31. The third-order valence-electron chi connectivity index (χ3n) is 5.14. The van der Waals surface area contributed by atoms with Gasteiger partial charge in [-0.3, -0.25) is 13.9 Å². The van der Waals surface area contributed by atoms with E-state index in [0.29, 0.717) is 24.7 Å². The summed E-state index contributed by atoms with van der Waals surface area (Å²) in [4.78, 5) is 27.5. The summed E-state index contributed by atoms with van der Waals surface area (Å²) in [6, 6.07) is 12.9. The second kappa shape index (κ2) is 12.3. The van der Waals surface area contributed by atoms with Gasteiger partial charge in [-0.1, -0.05) is 24.3 Å². The molecule has 2 amide bonds. The highest BCUT2D eigenvalue weighted by molar-refractivity contribution is 7.92. The van der Waals surface area contributed by atoms with E-state index < -0.39 is 28.5 Å². The average molecular weight is 492 g/mol. The molecule has 0 aliphatic rings. The van der Waals surface area contributed by atoms with Crippen LogP contribution in [0.25, 0.3) is 0 Å². The van der Waals surface area contributed by atoms with Gasteiger partial charge in [0.2, 0.25) is 21.8 Å². The van der Waals surface area contributed by atoms with E-state index in [9.17, 15) is 18.0 Å². The summed E-state index contributed by atoms with van der Waals surface area (Å²) < 4.78 is 37.1. The molecule has 9 nitrogen and oxygen atoms in total. The number of benzene rings is 2. The fourth-order valence-corrected chi connectivity index (χ4v) is 4.22. The van der Waals surface area contributed by atoms with Crippen LogP contribution in [0.15, 0.2) is 48.5 Å². The number of sulfonamides is 1. The van der Waals surface area contributed by atoms with Crippen molar-refractivity contribution in [2.45, 2.75) is 33.4 Å². The summed E-state index contributed by atoms with van der Waals surface area (Å²) in [5.74, 6) is 0.159. The van der Waals surface area contributed by atoms with E-state index in [4.69, 9.17) is 9.47 Å². The van der Waals surface area contributed by atoms with Crippen LogP contribution in [0.5, 0.6) is 11.5 Å². The van der Waals surface area contributed by atoms with Crippen molar-refractivity contribution in [2.75, 3.05) is 37.4 Å². The molecule has 10 heteroatoms. The van der Waals surface area contributed by atoms with Gasteiger partial charge in [0.1, 0.15) is 24.1 Å². The summed E-state index contributed by atoms with van der Waals surface area (Å²) in [5, 5.41) is 2.72. The molecule has 0 aliphatic carbocycles. The van der Waals surface area contributed by atoms with Crippen LogP contribution in [0.3, 0.4) is 0 Å². The Morgan fingerprint density at radius 1 is 1.06 bits per heavy atom. The van der Waals surface area contributed by atoms with Crippen LogP contribution < -0.4 is 19.1 Å². The van der Waals surface area contributed by atoms with E-state index in [1.54, 1.807) is 76.4 Å².